The van der Waals surface area contributed by atoms with Crippen molar-refractivity contribution in [2.75, 3.05) is 12.4 Å². The summed E-state index contributed by atoms with van der Waals surface area (Å²) in [7, 11) is 1.61. The zero-order valence-electron chi connectivity index (χ0n) is 23.4. The summed E-state index contributed by atoms with van der Waals surface area (Å²) in [6.45, 7) is 8.57. The minimum absolute atomic E-state index is 0.0963. The van der Waals surface area contributed by atoms with Gasteiger partial charge in [0, 0.05) is 17.8 Å². The maximum absolute atomic E-state index is 13.9. The monoisotopic (exact) mass is 523 g/mol. The van der Waals surface area contributed by atoms with Crippen molar-refractivity contribution in [1.82, 2.24) is 20.1 Å². The molecule has 3 heterocycles. The van der Waals surface area contributed by atoms with Crippen LogP contribution in [0.15, 0.2) is 79.1 Å². The second kappa shape index (κ2) is 10.6. The Labute approximate surface area is 230 Å². The molecule has 4 aromatic rings. The second-order valence-corrected chi connectivity index (χ2v) is 10.9. The SMILES string of the molecule is CCC(CC)(NC(=O)c1cnn2c1NC(c1ccccc1)CC2(C)C)c1ccc(-c2ccc(OC)nc2)cc1. The van der Waals surface area contributed by atoms with Gasteiger partial charge in [0.25, 0.3) is 5.91 Å². The third-order valence-corrected chi connectivity index (χ3v) is 8.08. The summed E-state index contributed by atoms with van der Waals surface area (Å²) in [4.78, 5) is 18.2. The van der Waals surface area contributed by atoms with Crippen LogP contribution >= 0.6 is 0 Å². The molecule has 1 aliphatic heterocycles. The summed E-state index contributed by atoms with van der Waals surface area (Å²) in [5.74, 6) is 1.23. The van der Waals surface area contributed by atoms with Crippen LogP contribution in [0.25, 0.3) is 11.1 Å². The Hall–Kier alpha value is -4.13. The van der Waals surface area contributed by atoms with E-state index in [1.807, 2.05) is 29.1 Å². The van der Waals surface area contributed by atoms with Crippen LogP contribution in [0.4, 0.5) is 5.82 Å². The molecule has 1 unspecified atom stereocenters. The summed E-state index contributed by atoms with van der Waals surface area (Å²) < 4.78 is 7.14. The van der Waals surface area contributed by atoms with E-state index in [0.29, 0.717) is 11.4 Å². The van der Waals surface area contributed by atoms with E-state index in [0.717, 1.165) is 41.8 Å². The molecule has 7 nitrogen and oxygen atoms in total. The predicted octanol–water partition coefficient (Wildman–Crippen LogP) is 6.69. The minimum Gasteiger partial charge on any atom is -0.481 e. The molecule has 2 aromatic carbocycles. The van der Waals surface area contributed by atoms with Crippen LogP contribution in [0, 0.1) is 0 Å². The van der Waals surface area contributed by atoms with Crippen LogP contribution < -0.4 is 15.4 Å². The molecule has 0 spiro atoms. The number of hydrogen-bond acceptors (Lipinski definition) is 5. The first kappa shape index (κ1) is 26.5. The van der Waals surface area contributed by atoms with Crippen molar-refractivity contribution in [3.63, 3.8) is 0 Å². The fourth-order valence-corrected chi connectivity index (χ4v) is 5.65. The fourth-order valence-electron chi connectivity index (χ4n) is 5.65. The number of aromatic nitrogens is 3. The lowest BCUT2D eigenvalue weighted by molar-refractivity contribution is 0.0890. The Balaban J connectivity index is 1.42. The molecule has 0 saturated heterocycles. The lowest BCUT2D eigenvalue weighted by Crippen LogP contribution is -2.45. The zero-order valence-corrected chi connectivity index (χ0v) is 23.4. The number of nitrogens with one attached hydrogen (secondary N) is 2. The standard InChI is InChI=1S/C32H37N5O2/c1-6-32(7-2,25-16-13-22(14-17-25)24-15-18-28(39-5)33-20-24)36-30(38)26-21-34-37-29(26)35-27(19-31(37,3)4)23-11-9-8-10-12-23/h8-18,20-21,27,35H,6-7,19H2,1-5H3,(H,36,38). The summed E-state index contributed by atoms with van der Waals surface area (Å²) in [5.41, 5.74) is 4.17. The van der Waals surface area contributed by atoms with E-state index in [4.69, 9.17) is 4.74 Å². The van der Waals surface area contributed by atoms with Gasteiger partial charge in [-0.2, -0.15) is 5.10 Å². The van der Waals surface area contributed by atoms with Gasteiger partial charge in [-0.25, -0.2) is 9.67 Å². The van der Waals surface area contributed by atoms with Gasteiger partial charge in [0.05, 0.1) is 30.4 Å². The third-order valence-electron chi connectivity index (χ3n) is 8.08. The highest BCUT2D eigenvalue weighted by molar-refractivity contribution is 5.99. The molecule has 5 rings (SSSR count). The van der Waals surface area contributed by atoms with Crippen LogP contribution in [-0.2, 0) is 11.1 Å². The lowest BCUT2D eigenvalue weighted by atomic mass is 9.83. The Kier molecular flexibility index (Phi) is 7.17. The number of ether oxygens (including phenoxy) is 1. The Morgan fingerprint density at radius 1 is 1.03 bits per heavy atom. The van der Waals surface area contributed by atoms with Crippen molar-refractivity contribution in [2.24, 2.45) is 0 Å². The molecule has 2 N–H and O–H groups in total. The average Bonchev–Trinajstić information content (AvgIpc) is 3.42. The Morgan fingerprint density at radius 2 is 1.72 bits per heavy atom. The van der Waals surface area contributed by atoms with E-state index < -0.39 is 5.54 Å². The number of carbonyl (C=O) groups is 1. The number of carbonyl (C=O) groups excluding carboxylic acids is 1. The Bertz CT molecular complexity index is 1420. The lowest BCUT2D eigenvalue weighted by Gasteiger charge is -2.38. The van der Waals surface area contributed by atoms with E-state index in [9.17, 15) is 4.79 Å². The highest BCUT2D eigenvalue weighted by atomic mass is 16.5. The van der Waals surface area contributed by atoms with Crippen molar-refractivity contribution in [3.05, 3.63) is 95.8 Å². The van der Waals surface area contributed by atoms with Gasteiger partial charge in [0.2, 0.25) is 5.88 Å². The summed E-state index contributed by atoms with van der Waals surface area (Å²) in [6.07, 6.45) is 5.89. The first-order chi connectivity index (χ1) is 18.8. The Morgan fingerprint density at radius 3 is 2.33 bits per heavy atom. The number of pyridine rings is 1. The minimum atomic E-state index is -0.508. The van der Waals surface area contributed by atoms with Gasteiger partial charge in [0.15, 0.2) is 0 Å². The summed E-state index contributed by atoms with van der Waals surface area (Å²) in [5, 5.41) is 11.7. The van der Waals surface area contributed by atoms with Gasteiger partial charge in [-0.1, -0.05) is 68.4 Å². The van der Waals surface area contributed by atoms with Gasteiger partial charge in [-0.05, 0) is 55.9 Å². The fraction of sp³-hybridized carbons (Fsp3) is 0.344. The largest absolute Gasteiger partial charge is 0.481 e. The van der Waals surface area contributed by atoms with Crippen LogP contribution in [0.5, 0.6) is 5.88 Å². The van der Waals surface area contributed by atoms with Crippen LogP contribution in [-0.4, -0.2) is 27.8 Å². The van der Waals surface area contributed by atoms with Crippen LogP contribution in [0.3, 0.4) is 0 Å². The molecule has 1 atom stereocenters. The number of fused-ring (bicyclic) bond motifs is 1. The van der Waals surface area contributed by atoms with Crippen LogP contribution in [0.1, 0.15) is 74.5 Å². The van der Waals surface area contributed by atoms with Crippen molar-refractivity contribution in [2.45, 2.75) is 64.1 Å². The molecule has 1 amide bonds. The molecule has 2 aromatic heterocycles. The van der Waals surface area contributed by atoms with E-state index >= 15 is 0 Å². The van der Waals surface area contributed by atoms with Gasteiger partial charge < -0.3 is 15.4 Å². The number of benzene rings is 2. The van der Waals surface area contributed by atoms with Gasteiger partial charge in [-0.3, -0.25) is 4.79 Å². The van der Waals surface area contributed by atoms with Crippen molar-refractivity contribution in [1.29, 1.82) is 0 Å². The second-order valence-electron chi connectivity index (χ2n) is 10.9. The molecule has 1 aliphatic rings. The summed E-state index contributed by atoms with van der Waals surface area (Å²) in [6, 6.07) is 22.7. The van der Waals surface area contributed by atoms with Crippen molar-refractivity contribution >= 4 is 11.7 Å². The van der Waals surface area contributed by atoms with E-state index in [1.54, 1.807) is 13.3 Å². The molecule has 0 radical (unpaired) electrons. The third kappa shape index (κ3) is 5.01. The van der Waals surface area contributed by atoms with Gasteiger partial charge >= 0.3 is 0 Å². The van der Waals surface area contributed by atoms with Crippen molar-refractivity contribution in [3.8, 4) is 17.0 Å². The first-order valence-corrected chi connectivity index (χ1v) is 13.6. The number of nitrogens with zero attached hydrogens (tertiary/aromatic N) is 3. The molecule has 7 heteroatoms. The molecule has 39 heavy (non-hydrogen) atoms. The zero-order chi connectivity index (χ0) is 27.6. The van der Waals surface area contributed by atoms with Gasteiger partial charge in [-0.15, -0.1) is 0 Å². The highest BCUT2D eigenvalue weighted by Gasteiger charge is 2.38. The number of hydrogen-bond donors (Lipinski definition) is 2. The van der Waals surface area contributed by atoms with E-state index in [2.05, 4.69) is 96.9 Å². The predicted molar refractivity (Wildman–Crippen MR) is 155 cm³/mol. The van der Waals surface area contributed by atoms with Crippen LogP contribution in [0.2, 0.25) is 0 Å². The highest BCUT2D eigenvalue weighted by Crippen LogP contribution is 2.40. The number of amides is 1. The molecule has 0 bridgehead atoms. The van der Waals surface area contributed by atoms with E-state index in [-0.39, 0.29) is 17.5 Å². The normalized spacial score (nSPS) is 16.2. The molecule has 0 saturated carbocycles. The number of anilines is 1. The molecule has 0 fully saturated rings. The number of methoxy groups -OCH3 is 1. The van der Waals surface area contributed by atoms with E-state index in [1.165, 1.54) is 5.56 Å². The first-order valence-electron chi connectivity index (χ1n) is 13.6. The van der Waals surface area contributed by atoms with Crippen molar-refractivity contribution < 1.29 is 9.53 Å². The average molecular weight is 524 g/mol. The maximum Gasteiger partial charge on any atom is 0.257 e. The smallest absolute Gasteiger partial charge is 0.257 e. The summed E-state index contributed by atoms with van der Waals surface area (Å²) >= 11 is 0. The molecular formula is C32H37N5O2. The maximum atomic E-state index is 13.9. The topological polar surface area (TPSA) is 81.1 Å². The molecular weight excluding hydrogens is 486 g/mol. The molecule has 202 valence electrons. The number of rotatable bonds is 8. The quantitative estimate of drug-likeness (QED) is 0.269. The van der Waals surface area contributed by atoms with Gasteiger partial charge in [0.1, 0.15) is 11.4 Å². The molecule has 0 aliphatic carbocycles.